The van der Waals surface area contributed by atoms with Gasteiger partial charge in [-0.25, -0.2) is 4.98 Å². The lowest BCUT2D eigenvalue weighted by molar-refractivity contribution is -0.135. The van der Waals surface area contributed by atoms with E-state index in [1.165, 1.54) is 0 Å². The van der Waals surface area contributed by atoms with Crippen LogP contribution in [0.15, 0.2) is 18.2 Å². The van der Waals surface area contributed by atoms with Gasteiger partial charge >= 0.3 is 0 Å². The first-order valence-corrected chi connectivity index (χ1v) is 9.71. The summed E-state index contributed by atoms with van der Waals surface area (Å²) in [5, 5.41) is 3.81. The molecular weight excluding hydrogens is 366 g/mol. The minimum absolute atomic E-state index is 0.00578. The number of aryl methyl sites for hydroxylation is 2. The van der Waals surface area contributed by atoms with Crippen molar-refractivity contribution in [2.45, 2.75) is 45.8 Å². The molecule has 2 aliphatic rings. The molecule has 0 saturated carbocycles. The van der Waals surface area contributed by atoms with E-state index >= 15 is 0 Å². The monoisotopic (exact) mass is 387 g/mol. The first kappa shape index (κ1) is 17.8. The minimum atomic E-state index is -0.454. The van der Waals surface area contributed by atoms with E-state index in [1.54, 1.807) is 16.2 Å². The van der Waals surface area contributed by atoms with Gasteiger partial charge in [0.05, 0.1) is 12.2 Å². The van der Waals surface area contributed by atoms with Gasteiger partial charge in [0.1, 0.15) is 11.0 Å². The van der Waals surface area contributed by atoms with E-state index in [9.17, 15) is 9.59 Å². The summed E-state index contributed by atoms with van der Waals surface area (Å²) < 4.78 is 10.7. The third kappa shape index (κ3) is 3.62. The fourth-order valence-electron chi connectivity index (χ4n) is 3.34. The Morgan fingerprint density at radius 3 is 2.93 bits per heavy atom. The molecule has 8 heteroatoms. The van der Waals surface area contributed by atoms with Crippen LogP contribution < -0.4 is 14.8 Å². The van der Waals surface area contributed by atoms with Crippen molar-refractivity contribution in [3.8, 4) is 11.5 Å². The van der Waals surface area contributed by atoms with E-state index < -0.39 is 6.04 Å². The Kier molecular flexibility index (Phi) is 4.73. The molecule has 2 aromatic rings. The summed E-state index contributed by atoms with van der Waals surface area (Å²) in [6, 6.07) is 5.14. The molecule has 1 aromatic heterocycles. The van der Waals surface area contributed by atoms with Gasteiger partial charge in [-0.1, -0.05) is 6.07 Å². The molecule has 1 fully saturated rings. The summed E-state index contributed by atoms with van der Waals surface area (Å²) in [4.78, 5) is 32.2. The average molecular weight is 387 g/mol. The van der Waals surface area contributed by atoms with Gasteiger partial charge < -0.3 is 19.7 Å². The Morgan fingerprint density at radius 2 is 2.15 bits per heavy atom. The van der Waals surface area contributed by atoms with E-state index in [0.29, 0.717) is 37.4 Å². The number of amides is 2. The fraction of sp³-hybridized carbons (Fsp3) is 0.421. The van der Waals surface area contributed by atoms with Gasteiger partial charge in [-0.15, -0.1) is 11.3 Å². The molecule has 142 valence electrons. The van der Waals surface area contributed by atoms with Crippen molar-refractivity contribution in [3.63, 3.8) is 0 Å². The highest BCUT2D eigenvalue weighted by Gasteiger charge is 2.36. The number of benzene rings is 1. The number of fused-ring (bicyclic) bond motifs is 1. The maximum atomic E-state index is 12.7. The van der Waals surface area contributed by atoms with Crippen molar-refractivity contribution in [3.05, 3.63) is 39.3 Å². The van der Waals surface area contributed by atoms with Crippen molar-refractivity contribution < 1.29 is 19.1 Å². The highest BCUT2D eigenvalue weighted by Crippen LogP contribution is 2.33. The quantitative estimate of drug-likeness (QED) is 0.851. The van der Waals surface area contributed by atoms with Crippen LogP contribution in [0.2, 0.25) is 0 Å². The standard InChI is InChI=1S/C19H21N3O4S/c1-11-12(2)27-17(21-11)8-20-19(24)14-4-6-18(23)22(14)9-13-3-5-15-16(7-13)26-10-25-15/h3,5,7,14H,4,6,8-10H2,1-2H3,(H,20,24). The minimum Gasteiger partial charge on any atom is -0.454 e. The van der Waals surface area contributed by atoms with Crippen molar-refractivity contribution in [2.24, 2.45) is 0 Å². The second-order valence-electron chi connectivity index (χ2n) is 6.73. The maximum Gasteiger partial charge on any atom is 0.243 e. The van der Waals surface area contributed by atoms with Crippen LogP contribution in [0.3, 0.4) is 0 Å². The lowest BCUT2D eigenvalue weighted by atomic mass is 10.1. The molecule has 1 atom stereocenters. The number of hydrogen-bond acceptors (Lipinski definition) is 6. The molecule has 1 N–H and O–H groups in total. The number of nitrogens with one attached hydrogen (secondary N) is 1. The Hall–Kier alpha value is -2.61. The Balaban J connectivity index is 1.42. The van der Waals surface area contributed by atoms with Gasteiger partial charge in [-0.3, -0.25) is 9.59 Å². The highest BCUT2D eigenvalue weighted by molar-refractivity contribution is 7.11. The number of hydrogen-bond donors (Lipinski definition) is 1. The molecule has 7 nitrogen and oxygen atoms in total. The second kappa shape index (κ2) is 7.19. The SMILES string of the molecule is Cc1nc(CNC(=O)C2CCC(=O)N2Cc2ccc3c(c2)OCO3)sc1C. The lowest BCUT2D eigenvalue weighted by Gasteiger charge is -2.24. The number of carbonyl (C=O) groups is 2. The van der Waals surface area contributed by atoms with Gasteiger partial charge in [0.25, 0.3) is 0 Å². The second-order valence-corrected chi connectivity index (χ2v) is 8.02. The molecule has 0 spiro atoms. The molecular formula is C19H21N3O4S. The van der Waals surface area contributed by atoms with Gasteiger partial charge in [0.2, 0.25) is 18.6 Å². The topological polar surface area (TPSA) is 80.8 Å². The average Bonchev–Trinajstić information content (AvgIpc) is 3.33. The lowest BCUT2D eigenvalue weighted by Crippen LogP contribution is -2.44. The van der Waals surface area contributed by atoms with Crippen LogP contribution in [-0.4, -0.2) is 34.5 Å². The molecule has 1 aromatic carbocycles. The first-order chi connectivity index (χ1) is 13.0. The molecule has 2 amide bonds. The van der Waals surface area contributed by atoms with E-state index in [2.05, 4.69) is 10.3 Å². The number of aromatic nitrogens is 1. The zero-order valence-electron chi connectivity index (χ0n) is 15.3. The van der Waals surface area contributed by atoms with E-state index in [4.69, 9.17) is 9.47 Å². The van der Waals surface area contributed by atoms with Crippen LogP contribution in [0.25, 0.3) is 0 Å². The highest BCUT2D eigenvalue weighted by atomic mass is 32.1. The molecule has 1 unspecified atom stereocenters. The van der Waals surface area contributed by atoms with E-state index in [0.717, 1.165) is 21.1 Å². The maximum absolute atomic E-state index is 12.7. The van der Waals surface area contributed by atoms with Crippen LogP contribution in [0.5, 0.6) is 11.5 Å². The van der Waals surface area contributed by atoms with Crippen molar-refractivity contribution in [1.29, 1.82) is 0 Å². The van der Waals surface area contributed by atoms with Crippen molar-refractivity contribution in [2.75, 3.05) is 6.79 Å². The molecule has 0 bridgehead atoms. The zero-order valence-corrected chi connectivity index (χ0v) is 16.1. The summed E-state index contributed by atoms with van der Waals surface area (Å²) in [6.07, 6.45) is 0.920. The Bertz CT molecular complexity index is 876. The molecule has 2 aliphatic heterocycles. The Morgan fingerprint density at radius 1 is 1.33 bits per heavy atom. The summed E-state index contributed by atoms with van der Waals surface area (Å²) >= 11 is 1.58. The predicted molar refractivity (Wildman–Crippen MR) is 99.6 cm³/mol. The number of nitrogens with zero attached hydrogens (tertiary/aromatic N) is 2. The molecule has 0 aliphatic carbocycles. The Labute approximate surface area is 161 Å². The number of thiazole rings is 1. The van der Waals surface area contributed by atoms with Gasteiger partial charge in [0, 0.05) is 17.8 Å². The summed E-state index contributed by atoms with van der Waals surface area (Å²) in [5.74, 6) is 1.24. The number of rotatable bonds is 5. The predicted octanol–water partition coefficient (Wildman–Crippen LogP) is 2.30. The van der Waals surface area contributed by atoms with E-state index in [-0.39, 0.29) is 18.6 Å². The molecule has 4 rings (SSSR count). The number of likely N-dealkylation sites (tertiary alicyclic amines) is 1. The van der Waals surface area contributed by atoms with Gasteiger partial charge in [0.15, 0.2) is 11.5 Å². The largest absolute Gasteiger partial charge is 0.454 e. The number of ether oxygens (including phenoxy) is 2. The summed E-state index contributed by atoms with van der Waals surface area (Å²) in [7, 11) is 0. The van der Waals surface area contributed by atoms with Crippen LogP contribution in [0, 0.1) is 13.8 Å². The van der Waals surface area contributed by atoms with Crippen LogP contribution in [0.4, 0.5) is 0 Å². The molecule has 27 heavy (non-hydrogen) atoms. The normalized spacial score (nSPS) is 18.2. The van der Waals surface area contributed by atoms with Crippen molar-refractivity contribution in [1.82, 2.24) is 15.2 Å². The third-order valence-electron chi connectivity index (χ3n) is 4.91. The van der Waals surface area contributed by atoms with Gasteiger partial charge in [-0.05, 0) is 38.0 Å². The van der Waals surface area contributed by atoms with Crippen LogP contribution in [0.1, 0.15) is 34.0 Å². The van der Waals surface area contributed by atoms with Crippen molar-refractivity contribution >= 4 is 23.2 Å². The van der Waals surface area contributed by atoms with E-state index in [1.807, 2.05) is 32.0 Å². The third-order valence-corrected chi connectivity index (χ3v) is 5.98. The fourth-order valence-corrected chi connectivity index (χ4v) is 4.21. The first-order valence-electron chi connectivity index (χ1n) is 8.90. The molecule has 1 saturated heterocycles. The number of carbonyl (C=O) groups excluding carboxylic acids is 2. The zero-order chi connectivity index (χ0) is 19.0. The summed E-state index contributed by atoms with van der Waals surface area (Å²) in [6.45, 7) is 4.95. The molecule has 3 heterocycles. The smallest absolute Gasteiger partial charge is 0.243 e. The van der Waals surface area contributed by atoms with Crippen LogP contribution in [-0.2, 0) is 22.7 Å². The summed E-state index contributed by atoms with van der Waals surface area (Å²) in [5.41, 5.74) is 1.91. The molecule has 0 radical (unpaired) electrons. The van der Waals surface area contributed by atoms with Crippen LogP contribution >= 0.6 is 11.3 Å². The van der Waals surface area contributed by atoms with Gasteiger partial charge in [-0.2, -0.15) is 0 Å².